The number of phenolic OH excluding ortho intramolecular Hbond substituents is 1. The Kier molecular flexibility index (Phi) is 2.40. The molecule has 1 aromatic carbocycles. The highest BCUT2D eigenvalue weighted by Gasteiger charge is 2.10. The normalized spacial score (nSPS) is 13.9. The Morgan fingerprint density at radius 3 is 2.80 bits per heavy atom. The summed E-state index contributed by atoms with van der Waals surface area (Å²) in [6.07, 6.45) is 7.28. The van der Waals surface area contributed by atoms with Crippen LogP contribution in [0.15, 0.2) is 54.0 Å². The molecule has 0 spiro atoms. The predicted molar refractivity (Wildman–Crippen MR) is 55.3 cm³/mol. The van der Waals surface area contributed by atoms with Crippen LogP contribution in [0.4, 0.5) is 0 Å². The molecular formula is C12H9O3+. The number of hydrogen-bond acceptors (Lipinski definition) is 3. The van der Waals surface area contributed by atoms with Gasteiger partial charge in [-0.2, -0.15) is 0 Å². The molecule has 0 unspecified atom stereocenters. The maximum Gasteiger partial charge on any atom is 0.290 e. The summed E-state index contributed by atoms with van der Waals surface area (Å²) in [6.45, 7) is 0. The molecule has 0 atom stereocenters. The summed E-state index contributed by atoms with van der Waals surface area (Å²) >= 11 is 0. The molecule has 3 nitrogen and oxygen atoms in total. The third kappa shape index (κ3) is 2.36. The average Bonchev–Trinajstić information content (AvgIpc) is 2.17. The number of aliphatic hydroxyl groups excluding tert-OH is 1. The van der Waals surface area contributed by atoms with E-state index < -0.39 is 0 Å². The van der Waals surface area contributed by atoms with Gasteiger partial charge < -0.3 is 14.9 Å². The van der Waals surface area contributed by atoms with Crippen molar-refractivity contribution in [2.24, 2.45) is 0 Å². The van der Waals surface area contributed by atoms with E-state index in [4.69, 9.17) is 9.84 Å². The Morgan fingerprint density at radius 1 is 1.20 bits per heavy atom. The van der Waals surface area contributed by atoms with Gasteiger partial charge in [0.2, 0.25) is 5.76 Å². The lowest BCUT2D eigenvalue weighted by molar-refractivity contribution is 0.404. The van der Waals surface area contributed by atoms with Crippen LogP contribution in [0.2, 0.25) is 0 Å². The fourth-order valence-electron chi connectivity index (χ4n) is 1.18. The average molecular weight is 201 g/mol. The first-order valence-electron chi connectivity index (χ1n) is 4.41. The molecule has 0 aromatic heterocycles. The van der Waals surface area contributed by atoms with Crippen molar-refractivity contribution in [1.29, 1.82) is 0 Å². The van der Waals surface area contributed by atoms with Crippen LogP contribution < -0.4 is 4.74 Å². The number of ether oxygens (including phenoxy) is 1. The van der Waals surface area contributed by atoms with Crippen LogP contribution >= 0.6 is 0 Å². The molecule has 1 aliphatic rings. The van der Waals surface area contributed by atoms with Crippen LogP contribution in [0, 0.1) is 6.08 Å². The summed E-state index contributed by atoms with van der Waals surface area (Å²) in [5, 5.41) is 18.4. The van der Waals surface area contributed by atoms with Crippen molar-refractivity contribution in [3.05, 3.63) is 60.1 Å². The predicted octanol–water partition coefficient (Wildman–Crippen LogP) is 2.47. The summed E-state index contributed by atoms with van der Waals surface area (Å²) in [5.41, 5.74) is 0. The zero-order valence-corrected chi connectivity index (χ0v) is 7.84. The molecule has 2 rings (SSSR count). The van der Waals surface area contributed by atoms with Gasteiger partial charge >= 0.3 is 0 Å². The summed E-state index contributed by atoms with van der Waals surface area (Å²) in [5.74, 6) is 1.17. The third-order valence-corrected chi connectivity index (χ3v) is 1.81. The second-order valence-electron chi connectivity index (χ2n) is 3.01. The molecule has 2 N–H and O–H groups in total. The van der Waals surface area contributed by atoms with Gasteiger partial charge in [0.1, 0.15) is 23.7 Å². The Labute approximate surface area is 87.2 Å². The van der Waals surface area contributed by atoms with Crippen molar-refractivity contribution in [3.63, 3.8) is 0 Å². The molecule has 0 heterocycles. The number of rotatable bonds is 2. The van der Waals surface area contributed by atoms with Crippen LogP contribution in [0.3, 0.4) is 0 Å². The van der Waals surface area contributed by atoms with Crippen molar-refractivity contribution in [3.8, 4) is 11.5 Å². The van der Waals surface area contributed by atoms with Crippen LogP contribution in [-0.4, -0.2) is 10.2 Å². The highest BCUT2D eigenvalue weighted by molar-refractivity contribution is 5.36. The standard InChI is InChI=1S/C12H8O3/c13-9-3-1-5-11(7-9)15-12-6-2-4-10(14)8-12/h1-3,5-8H,(H-,13,14)/p+1. The van der Waals surface area contributed by atoms with Gasteiger partial charge in [-0.3, -0.25) is 0 Å². The second kappa shape index (κ2) is 3.86. The van der Waals surface area contributed by atoms with E-state index in [2.05, 4.69) is 6.08 Å². The summed E-state index contributed by atoms with van der Waals surface area (Å²) in [7, 11) is 0. The van der Waals surface area contributed by atoms with Gasteiger partial charge in [0.05, 0.1) is 12.2 Å². The quantitative estimate of drug-likeness (QED) is 0.722. The second-order valence-corrected chi connectivity index (χ2v) is 3.01. The van der Waals surface area contributed by atoms with Gasteiger partial charge in [0.15, 0.2) is 0 Å². The molecule has 74 valence electrons. The minimum Gasteiger partial charge on any atom is -0.508 e. The first kappa shape index (κ1) is 9.31. The smallest absolute Gasteiger partial charge is 0.290 e. The minimum absolute atomic E-state index is 0.0210. The monoisotopic (exact) mass is 201 g/mol. The lowest BCUT2D eigenvalue weighted by Crippen LogP contribution is -1.95. The molecule has 0 saturated heterocycles. The molecule has 0 amide bonds. The Hall–Kier alpha value is -2.25. The largest absolute Gasteiger partial charge is 0.508 e. The van der Waals surface area contributed by atoms with E-state index in [1.165, 1.54) is 12.1 Å². The molecule has 1 aromatic rings. The van der Waals surface area contributed by atoms with Crippen molar-refractivity contribution in [1.82, 2.24) is 0 Å². The van der Waals surface area contributed by atoms with E-state index in [1.807, 2.05) is 0 Å². The fraction of sp³-hybridized carbons (Fsp3) is 0. The summed E-state index contributed by atoms with van der Waals surface area (Å²) in [6, 6.07) is 6.45. The first-order valence-corrected chi connectivity index (χ1v) is 4.41. The molecule has 15 heavy (non-hydrogen) atoms. The molecule has 0 aliphatic heterocycles. The van der Waals surface area contributed by atoms with Crippen molar-refractivity contribution in [2.45, 2.75) is 0 Å². The number of aromatic hydroxyl groups is 1. The topological polar surface area (TPSA) is 49.7 Å². The van der Waals surface area contributed by atoms with E-state index in [0.717, 1.165) is 0 Å². The lowest BCUT2D eigenvalue weighted by Gasteiger charge is -2.03. The third-order valence-electron chi connectivity index (χ3n) is 1.81. The molecule has 0 bridgehead atoms. The SMILES string of the molecule is OC1=[C+]C=CC(Oc2cccc(O)c2)=C1. The van der Waals surface area contributed by atoms with Gasteiger partial charge in [0, 0.05) is 6.07 Å². The summed E-state index contributed by atoms with van der Waals surface area (Å²) in [4.78, 5) is 0. The van der Waals surface area contributed by atoms with E-state index in [0.29, 0.717) is 11.5 Å². The van der Waals surface area contributed by atoms with Gasteiger partial charge in [-0.05, 0) is 12.1 Å². The molecule has 0 radical (unpaired) electrons. The Morgan fingerprint density at radius 2 is 2.07 bits per heavy atom. The van der Waals surface area contributed by atoms with Crippen LogP contribution in [-0.2, 0) is 0 Å². The maximum atomic E-state index is 9.21. The van der Waals surface area contributed by atoms with Crippen molar-refractivity contribution >= 4 is 0 Å². The van der Waals surface area contributed by atoms with Gasteiger partial charge in [-0.25, -0.2) is 0 Å². The van der Waals surface area contributed by atoms with Gasteiger partial charge in [-0.15, -0.1) is 0 Å². The number of hydrogen-bond donors (Lipinski definition) is 2. The Balaban J connectivity index is 2.17. The lowest BCUT2D eigenvalue weighted by atomic mass is 10.2. The molecule has 0 saturated carbocycles. The number of aliphatic hydroxyl groups is 1. The molecule has 1 aliphatic carbocycles. The molecule has 0 fully saturated rings. The van der Waals surface area contributed by atoms with Gasteiger partial charge in [-0.1, -0.05) is 6.07 Å². The zero-order chi connectivity index (χ0) is 10.7. The van der Waals surface area contributed by atoms with E-state index in [1.54, 1.807) is 30.4 Å². The van der Waals surface area contributed by atoms with Crippen molar-refractivity contribution in [2.75, 3.05) is 0 Å². The first-order chi connectivity index (χ1) is 7.24. The van der Waals surface area contributed by atoms with E-state index in [-0.39, 0.29) is 11.5 Å². The van der Waals surface area contributed by atoms with E-state index in [9.17, 15) is 5.11 Å². The van der Waals surface area contributed by atoms with E-state index >= 15 is 0 Å². The van der Waals surface area contributed by atoms with Gasteiger partial charge in [0.25, 0.3) is 5.76 Å². The fourth-order valence-corrected chi connectivity index (χ4v) is 1.18. The minimum atomic E-state index is 0.0210. The van der Waals surface area contributed by atoms with Crippen LogP contribution in [0.1, 0.15) is 0 Å². The molecule has 3 heteroatoms. The summed E-state index contributed by atoms with van der Waals surface area (Å²) < 4.78 is 5.40. The zero-order valence-electron chi connectivity index (χ0n) is 7.84. The van der Waals surface area contributed by atoms with Crippen molar-refractivity contribution < 1.29 is 14.9 Å². The highest BCUT2D eigenvalue weighted by Crippen LogP contribution is 2.21. The molecular weight excluding hydrogens is 192 g/mol. The van der Waals surface area contributed by atoms with Crippen LogP contribution in [0.5, 0.6) is 11.5 Å². The number of allylic oxidation sites excluding steroid dienone is 4. The highest BCUT2D eigenvalue weighted by atomic mass is 16.5. The Bertz CT molecular complexity index is 456. The number of benzene rings is 1. The van der Waals surface area contributed by atoms with Crippen LogP contribution in [0.25, 0.3) is 0 Å². The maximum absolute atomic E-state index is 9.21. The number of phenols is 1.